The molecule has 0 spiro atoms. The molecule has 86 valence electrons. The Kier molecular flexibility index (Phi) is 3.49. The Morgan fingerprint density at radius 2 is 1.41 bits per heavy atom. The summed E-state index contributed by atoms with van der Waals surface area (Å²) in [7, 11) is 0. The molecule has 2 rings (SSSR count). The van der Waals surface area contributed by atoms with E-state index in [9.17, 15) is 9.90 Å². The van der Waals surface area contributed by atoms with Crippen molar-refractivity contribution in [2.45, 2.75) is 16.7 Å². The van der Waals surface area contributed by atoms with Gasteiger partial charge in [0.2, 0.25) is 0 Å². The van der Waals surface area contributed by atoms with Crippen molar-refractivity contribution in [3.63, 3.8) is 0 Å². The summed E-state index contributed by atoms with van der Waals surface area (Å²) in [5.74, 6) is 0.340. The molecule has 0 fully saturated rings. The van der Waals surface area contributed by atoms with E-state index >= 15 is 0 Å². The number of benzene rings is 2. The fourth-order valence-corrected chi connectivity index (χ4v) is 2.22. The summed E-state index contributed by atoms with van der Waals surface area (Å²) < 4.78 is 0. The molecule has 0 saturated carbocycles. The molecule has 0 aliphatic heterocycles. The molecule has 2 aromatic carbocycles. The van der Waals surface area contributed by atoms with Crippen molar-refractivity contribution < 1.29 is 9.90 Å². The topological polar surface area (TPSA) is 37.3 Å². The average Bonchev–Trinajstić information content (AvgIpc) is 2.33. The zero-order valence-electron chi connectivity index (χ0n) is 9.38. The first kappa shape index (κ1) is 11.7. The largest absolute Gasteiger partial charge is 0.508 e. The molecule has 2 nitrogen and oxygen atoms in total. The van der Waals surface area contributed by atoms with Gasteiger partial charge in [0.05, 0.1) is 0 Å². The van der Waals surface area contributed by atoms with Crippen LogP contribution in [0.3, 0.4) is 0 Å². The molecule has 17 heavy (non-hydrogen) atoms. The molecule has 3 heteroatoms. The Hall–Kier alpha value is -1.74. The summed E-state index contributed by atoms with van der Waals surface area (Å²) in [5, 5.41) is 9.17. The number of hydrogen-bond acceptors (Lipinski definition) is 3. The van der Waals surface area contributed by atoms with Crippen LogP contribution in [0.15, 0.2) is 58.3 Å². The maximum absolute atomic E-state index is 11.1. The van der Waals surface area contributed by atoms with Gasteiger partial charge in [0.15, 0.2) is 5.78 Å². The molecular formula is C14H12O2S. The number of aromatic hydroxyl groups is 1. The second kappa shape index (κ2) is 5.06. The Morgan fingerprint density at radius 1 is 0.941 bits per heavy atom. The molecule has 0 aliphatic rings. The summed E-state index contributed by atoms with van der Waals surface area (Å²) in [6.07, 6.45) is 0. The quantitative estimate of drug-likeness (QED) is 0.835. The number of ketones is 1. The van der Waals surface area contributed by atoms with Crippen LogP contribution in [0.1, 0.15) is 17.3 Å². The number of Topliss-reactive ketones (excluding diaryl/α,β-unsaturated/α-hetero) is 1. The van der Waals surface area contributed by atoms with E-state index in [1.807, 2.05) is 36.4 Å². The van der Waals surface area contributed by atoms with Crippen LogP contribution < -0.4 is 0 Å². The second-order valence-electron chi connectivity index (χ2n) is 3.68. The molecule has 0 heterocycles. The molecule has 0 radical (unpaired) electrons. The van der Waals surface area contributed by atoms with Crippen LogP contribution in [-0.2, 0) is 0 Å². The minimum atomic E-state index is 0.0752. The lowest BCUT2D eigenvalue weighted by Gasteiger charge is -2.02. The number of phenols is 1. The number of rotatable bonds is 3. The van der Waals surface area contributed by atoms with Gasteiger partial charge in [0.25, 0.3) is 0 Å². The van der Waals surface area contributed by atoms with Crippen molar-refractivity contribution >= 4 is 17.5 Å². The summed E-state index contributed by atoms with van der Waals surface area (Å²) in [6.45, 7) is 1.56. The molecule has 2 aromatic rings. The number of phenolic OH excluding ortho intramolecular Hbond substituents is 1. The third-order valence-electron chi connectivity index (χ3n) is 2.33. The van der Waals surface area contributed by atoms with Gasteiger partial charge in [-0.2, -0.15) is 0 Å². The molecule has 0 amide bonds. The molecule has 0 atom stereocenters. The van der Waals surface area contributed by atoms with Crippen LogP contribution in [0, 0.1) is 0 Å². The zero-order chi connectivity index (χ0) is 12.3. The third-order valence-corrected chi connectivity index (χ3v) is 3.35. The predicted octanol–water partition coefficient (Wildman–Crippen LogP) is 3.75. The van der Waals surface area contributed by atoms with Crippen molar-refractivity contribution in [1.29, 1.82) is 0 Å². The van der Waals surface area contributed by atoms with E-state index < -0.39 is 0 Å². The second-order valence-corrected chi connectivity index (χ2v) is 4.82. The molecule has 0 unspecified atom stereocenters. The summed E-state index contributed by atoms with van der Waals surface area (Å²) in [6, 6.07) is 14.5. The Bertz CT molecular complexity index is 515. The lowest BCUT2D eigenvalue weighted by molar-refractivity contribution is 0.101. The van der Waals surface area contributed by atoms with Gasteiger partial charge >= 0.3 is 0 Å². The molecule has 0 aliphatic carbocycles. The Labute approximate surface area is 104 Å². The lowest BCUT2D eigenvalue weighted by Crippen LogP contribution is -1.90. The minimum Gasteiger partial charge on any atom is -0.508 e. The first-order valence-corrected chi connectivity index (χ1v) is 6.05. The number of hydrogen-bond donors (Lipinski definition) is 1. The highest BCUT2D eigenvalue weighted by Gasteiger charge is 2.00. The van der Waals surface area contributed by atoms with Crippen molar-refractivity contribution in [3.05, 3.63) is 54.1 Å². The first-order valence-electron chi connectivity index (χ1n) is 5.23. The monoisotopic (exact) mass is 244 g/mol. The minimum absolute atomic E-state index is 0.0752. The standard InChI is InChI=1S/C14H12O2S/c1-10(15)11-2-6-13(7-3-11)17-14-8-4-12(16)5-9-14/h2-9,16H,1H3. The first-order chi connectivity index (χ1) is 8.15. The molecule has 0 aromatic heterocycles. The van der Waals surface area contributed by atoms with Crippen molar-refractivity contribution in [1.82, 2.24) is 0 Å². The van der Waals surface area contributed by atoms with Gasteiger partial charge in [-0.05, 0) is 43.3 Å². The normalized spacial score (nSPS) is 10.2. The molecular weight excluding hydrogens is 232 g/mol. The number of carbonyl (C=O) groups is 1. The Balaban J connectivity index is 2.13. The van der Waals surface area contributed by atoms with Gasteiger partial charge in [-0.1, -0.05) is 23.9 Å². The highest BCUT2D eigenvalue weighted by atomic mass is 32.2. The van der Waals surface area contributed by atoms with Crippen LogP contribution >= 0.6 is 11.8 Å². The van der Waals surface area contributed by atoms with E-state index in [-0.39, 0.29) is 11.5 Å². The summed E-state index contributed by atoms with van der Waals surface area (Å²) in [5.41, 5.74) is 0.722. The van der Waals surface area contributed by atoms with Gasteiger partial charge in [-0.15, -0.1) is 0 Å². The summed E-state index contributed by atoms with van der Waals surface area (Å²) in [4.78, 5) is 13.2. The van der Waals surface area contributed by atoms with Gasteiger partial charge < -0.3 is 5.11 Å². The fraction of sp³-hybridized carbons (Fsp3) is 0.0714. The van der Waals surface area contributed by atoms with Gasteiger partial charge in [0, 0.05) is 15.4 Å². The highest BCUT2D eigenvalue weighted by molar-refractivity contribution is 7.99. The van der Waals surface area contributed by atoms with Crippen LogP contribution in [0.5, 0.6) is 5.75 Å². The fourth-order valence-electron chi connectivity index (χ4n) is 1.41. The van der Waals surface area contributed by atoms with E-state index in [2.05, 4.69) is 0 Å². The van der Waals surface area contributed by atoms with Gasteiger partial charge in [-0.25, -0.2) is 0 Å². The number of carbonyl (C=O) groups excluding carboxylic acids is 1. The average molecular weight is 244 g/mol. The zero-order valence-corrected chi connectivity index (χ0v) is 10.2. The van der Waals surface area contributed by atoms with E-state index in [0.29, 0.717) is 0 Å². The van der Waals surface area contributed by atoms with Crippen LogP contribution in [0.2, 0.25) is 0 Å². The van der Waals surface area contributed by atoms with E-state index in [1.165, 1.54) is 0 Å². The smallest absolute Gasteiger partial charge is 0.159 e. The molecule has 1 N–H and O–H groups in total. The van der Waals surface area contributed by atoms with Crippen LogP contribution in [0.25, 0.3) is 0 Å². The maximum atomic E-state index is 11.1. The van der Waals surface area contributed by atoms with Crippen molar-refractivity contribution in [2.75, 3.05) is 0 Å². The maximum Gasteiger partial charge on any atom is 0.159 e. The third kappa shape index (κ3) is 3.11. The highest BCUT2D eigenvalue weighted by Crippen LogP contribution is 2.28. The van der Waals surface area contributed by atoms with Crippen LogP contribution in [0.4, 0.5) is 0 Å². The molecule has 0 bridgehead atoms. The van der Waals surface area contributed by atoms with Crippen molar-refractivity contribution in [2.24, 2.45) is 0 Å². The van der Waals surface area contributed by atoms with E-state index in [1.54, 1.807) is 30.8 Å². The van der Waals surface area contributed by atoms with E-state index in [4.69, 9.17) is 0 Å². The molecule has 0 saturated heterocycles. The Morgan fingerprint density at radius 3 is 1.88 bits per heavy atom. The SMILES string of the molecule is CC(=O)c1ccc(Sc2ccc(O)cc2)cc1. The van der Waals surface area contributed by atoms with Crippen molar-refractivity contribution in [3.8, 4) is 5.75 Å². The van der Waals surface area contributed by atoms with Crippen LogP contribution in [-0.4, -0.2) is 10.9 Å². The summed E-state index contributed by atoms with van der Waals surface area (Å²) >= 11 is 1.59. The lowest BCUT2D eigenvalue weighted by atomic mass is 10.2. The van der Waals surface area contributed by atoms with Gasteiger partial charge in [0.1, 0.15) is 5.75 Å². The van der Waals surface area contributed by atoms with E-state index in [0.717, 1.165) is 15.4 Å². The predicted molar refractivity (Wildman–Crippen MR) is 68.7 cm³/mol. The van der Waals surface area contributed by atoms with Gasteiger partial charge in [-0.3, -0.25) is 4.79 Å².